The number of anilines is 1. The molecule has 24 heavy (non-hydrogen) atoms. The minimum atomic E-state index is 0.0429. The smallest absolute Gasteiger partial charge is 0.228 e. The molecule has 2 fully saturated rings. The molecule has 0 spiro atoms. The first-order valence-corrected chi connectivity index (χ1v) is 8.68. The van der Waals surface area contributed by atoms with E-state index in [-0.39, 0.29) is 17.7 Å². The van der Waals surface area contributed by atoms with Crippen LogP contribution in [0.5, 0.6) is 0 Å². The van der Waals surface area contributed by atoms with Gasteiger partial charge in [-0.15, -0.1) is 0 Å². The van der Waals surface area contributed by atoms with Gasteiger partial charge in [-0.05, 0) is 37.1 Å². The quantitative estimate of drug-likeness (QED) is 0.864. The molecule has 2 heterocycles. The first-order chi connectivity index (χ1) is 11.7. The van der Waals surface area contributed by atoms with Gasteiger partial charge >= 0.3 is 0 Å². The van der Waals surface area contributed by atoms with Crippen LogP contribution >= 0.6 is 0 Å². The predicted octanol–water partition coefficient (Wildman–Crippen LogP) is 1.03. The van der Waals surface area contributed by atoms with Gasteiger partial charge in [0.1, 0.15) is 0 Å². The van der Waals surface area contributed by atoms with E-state index in [9.17, 15) is 9.59 Å². The summed E-state index contributed by atoms with van der Waals surface area (Å²) in [6, 6.07) is 7.56. The largest absolute Gasteiger partial charge is 0.378 e. The summed E-state index contributed by atoms with van der Waals surface area (Å²) in [7, 11) is 0. The second-order valence-corrected chi connectivity index (χ2v) is 6.40. The van der Waals surface area contributed by atoms with Crippen molar-refractivity contribution >= 4 is 17.5 Å². The monoisotopic (exact) mass is 331 g/mol. The van der Waals surface area contributed by atoms with Crippen LogP contribution in [0.4, 0.5) is 5.69 Å². The first-order valence-electron chi connectivity index (χ1n) is 8.68. The van der Waals surface area contributed by atoms with Gasteiger partial charge in [0, 0.05) is 25.3 Å². The highest BCUT2D eigenvalue weighted by atomic mass is 16.5. The molecule has 1 aromatic rings. The Bertz CT molecular complexity index is 510. The second kappa shape index (κ2) is 8.26. The fourth-order valence-corrected chi connectivity index (χ4v) is 3.13. The van der Waals surface area contributed by atoms with Gasteiger partial charge in [0.15, 0.2) is 0 Å². The van der Waals surface area contributed by atoms with E-state index in [2.05, 4.69) is 10.6 Å². The molecule has 6 nitrogen and oxygen atoms in total. The number of piperidine rings is 1. The second-order valence-electron chi connectivity index (χ2n) is 6.40. The van der Waals surface area contributed by atoms with Crippen LogP contribution < -0.4 is 10.6 Å². The topological polar surface area (TPSA) is 70.7 Å². The zero-order chi connectivity index (χ0) is 16.8. The highest BCUT2D eigenvalue weighted by Crippen LogP contribution is 2.16. The number of carbonyl (C=O) groups is 2. The fraction of sp³-hybridized carbons (Fsp3) is 0.556. The Balaban J connectivity index is 1.51. The summed E-state index contributed by atoms with van der Waals surface area (Å²) >= 11 is 0. The maximum absolute atomic E-state index is 12.2. The third-order valence-electron chi connectivity index (χ3n) is 4.61. The Morgan fingerprint density at radius 3 is 2.62 bits per heavy atom. The predicted molar refractivity (Wildman–Crippen MR) is 91.8 cm³/mol. The summed E-state index contributed by atoms with van der Waals surface area (Å²) in [5, 5.41) is 6.22. The van der Waals surface area contributed by atoms with Gasteiger partial charge in [0.05, 0.1) is 25.6 Å². The maximum atomic E-state index is 12.2. The summed E-state index contributed by atoms with van der Waals surface area (Å²) in [4.78, 5) is 26.3. The number of rotatable bonds is 4. The van der Waals surface area contributed by atoms with E-state index in [1.165, 1.54) is 0 Å². The van der Waals surface area contributed by atoms with E-state index < -0.39 is 0 Å². The molecule has 2 saturated heterocycles. The molecule has 0 bridgehead atoms. The lowest BCUT2D eigenvalue weighted by Gasteiger charge is -2.26. The van der Waals surface area contributed by atoms with Crippen molar-refractivity contribution in [1.29, 1.82) is 0 Å². The highest BCUT2D eigenvalue weighted by molar-refractivity contribution is 5.92. The van der Waals surface area contributed by atoms with Crippen LogP contribution in [0, 0.1) is 5.92 Å². The highest BCUT2D eigenvalue weighted by Gasteiger charge is 2.21. The number of amides is 2. The number of nitrogens with one attached hydrogen (secondary N) is 2. The number of hydrogen-bond acceptors (Lipinski definition) is 4. The number of hydrogen-bond donors (Lipinski definition) is 2. The van der Waals surface area contributed by atoms with Gasteiger partial charge in [0.2, 0.25) is 11.8 Å². The van der Waals surface area contributed by atoms with Crippen LogP contribution in [0.3, 0.4) is 0 Å². The summed E-state index contributed by atoms with van der Waals surface area (Å²) in [5.41, 5.74) is 1.75. The molecule has 2 aliphatic heterocycles. The van der Waals surface area contributed by atoms with Crippen molar-refractivity contribution in [3.05, 3.63) is 29.8 Å². The van der Waals surface area contributed by atoms with E-state index in [4.69, 9.17) is 4.74 Å². The molecule has 1 aromatic carbocycles. The van der Waals surface area contributed by atoms with E-state index in [0.717, 1.165) is 37.2 Å². The van der Waals surface area contributed by atoms with Crippen molar-refractivity contribution in [1.82, 2.24) is 10.2 Å². The molecular weight excluding hydrogens is 306 g/mol. The minimum Gasteiger partial charge on any atom is -0.378 e. The molecule has 2 aliphatic rings. The molecule has 3 rings (SSSR count). The molecule has 1 atom stereocenters. The summed E-state index contributed by atoms with van der Waals surface area (Å²) in [5.74, 6) is 0.240. The number of morpholine rings is 1. The lowest BCUT2D eigenvalue weighted by molar-refractivity contribution is -0.134. The average Bonchev–Trinajstić information content (AvgIpc) is 2.65. The van der Waals surface area contributed by atoms with Crippen molar-refractivity contribution < 1.29 is 14.3 Å². The van der Waals surface area contributed by atoms with E-state index in [1.54, 1.807) is 0 Å². The molecule has 2 amide bonds. The summed E-state index contributed by atoms with van der Waals surface area (Å²) < 4.78 is 5.26. The van der Waals surface area contributed by atoms with Crippen molar-refractivity contribution in [2.45, 2.75) is 19.3 Å². The molecule has 0 saturated carbocycles. The molecule has 2 N–H and O–H groups in total. The van der Waals surface area contributed by atoms with Crippen LogP contribution in [0.15, 0.2) is 24.3 Å². The Kier molecular flexibility index (Phi) is 5.82. The standard InChI is InChI=1S/C18H25N3O3/c22-17(21-8-10-24-11-9-21)12-14-3-5-16(6-4-14)20-18(23)15-2-1-7-19-13-15/h3-6,15,19H,1-2,7-13H2,(H,20,23). The van der Waals surface area contributed by atoms with Gasteiger partial charge in [-0.3, -0.25) is 9.59 Å². The van der Waals surface area contributed by atoms with E-state index in [0.29, 0.717) is 32.7 Å². The molecule has 0 radical (unpaired) electrons. The summed E-state index contributed by atoms with van der Waals surface area (Å²) in [6.07, 6.45) is 2.37. The molecule has 1 unspecified atom stereocenters. The number of nitrogens with zero attached hydrogens (tertiary/aromatic N) is 1. The van der Waals surface area contributed by atoms with Crippen LogP contribution in [0.25, 0.3) is 0 Å². The Hall–Kier alpha value is -1.92. The lowest BCUT2D eigenvalue weighted by Crippen LogP contribution is -2.41. The number of carbonyl (C=O) groups excluding carboxylic acids is 2. The van der Waals surface area contributed by atoms with Gasteiger partial charge in [-0.2, -0.15) is 0 Å². The number of ether oxygens (including phenoxy) is 1. The van der Waals surface area contributed by atoms with Crippen LogP contribution in [-0.4, -0.2) is 56.1 Å². The van der Waals surface area contributed by atoms with Crippen molar-refractivity contribution in [2.75, 3.05) is 44.7 Å². The first kappa shape index (κ1) is 16.9. The normalized spacial score (nSPS) is 21.3. The zero-order valence-corrected chi connectivity index (χ0v) is 13.9. The van der Waals surface area contributed by atoms with Crippen LogP contribution in [-0.2, 0) is 20.7 Å². The third-order valence-corrected chi connectivity index (χ3v) is 4.61. The SMILES string of the molecule is O=C(Nc1ccc(CC(=O)N2CCOCC2)cc1)C1CCCNC1. The average molecular weight is 331 g/mol. The fourth-order valence-electron chi connectivity index (χ4n) is 3.13. The van der Waals surface area contributed by atoms with Crippen LogP contribution in [0.2, 0.25) is 0 Å². The van der Waals surface area contributed by atoms with Crippen molar-refractivity contribution in [2.24, 2.45) is 5.92 Å². The Morgan fingerprint density at radius 1 is 1.21 bits per heavy atom. The number of benzene rings is 1. The Morgan fingerprint density at radius 2 is 1.96 bits per heavy atom. The third kappa shape index (κ3) is 4.55. The maximum Gasteiger partial charge on any atom is 0.228 e. The van der Waals surface area contributed by atoms with E-state index >= 15 is 0 Å². The summed E-state index contributed by atoms with van der Waals surface area (Å²) in [6.45, 7) is 4.32. The lowest BCUT2D eigenvalue weighted by atomic mass is 9.99. The van der Waals surface area contributed by atoms with Crippen molar-refractivity contribution in [3.63, 3.8) is 0 Å². The minimum absolute atomic E-state index is 0.0429. The van der Waals surface area contributed by atoms with Crippen molar-refractivity contribution in [3.8, 4) is 0 Å². The molecule has 6 heteroatoms. The molecular formula is C18H25N3O3. The van der Waals surface area contributed by atoms with Crippen LogP contribution in [0.1, 0.15) is 18.4 Å². The van der Waals surface area contributed by atoms with Gasteiger partial charge in [0.25, 0.3) is 0 Å². The van der Waals surface area contributed by atoms with E-state index in [1.807, 2.05) is 29.2 Å². The molecule has 130 valence electrons. The molecule has 0 aromatic heterocycles. The Labute approximate surface area is 142 Å². The van der Waals surface area contributed by atoms with Gasteiger partial charge < -0.3 is 20.3 Å². The molecule has 0 aliphatic carbocycles. The van der Waals surface area contributed by atoms with Gasteiger partial charge in [-0.1, -0.05) is 12.1 Å². The van der Waals surface area contributed by atoms with Gasteiger partial charge in [-0.25, -0.2) is 0 Å². The zero-order valence-electron chi connectivity index (χ0n) is 13.9.